The summed E-state index contributed by atoms with van der Waals surface area (Å²) < 4.78 is 13.2. The molecule has 172 valence electrons. The summed E-state index contributed by atoms with van der Waals surface area (Å²) in [7, 11) is 0. The fourth-order valence-corrected chi connectivity index (χ4v) is 3.84. The summed E-state index contributed by atoms with van der Waals surface area (Å²) >= 11 is 0. The molecule has 2 aromatic carbocycles. The summed E-state index contributed by atoms with van der Waals surface area (Å²) in [4.78, 5) is 24.0. The van der Waals surface area contributed by atoms with Gasteiger partial charge in [0.2, 0.25) is 11.6 Å². The molecule has 0 radical (unpaired) electrons. The van der Waals surface area contributed by atoms with E-state index in [9.17, 15) is 14.9 Å². The number of aromatic nitrogens is 2. The molecule has 0 saturated carbocycles. The van der Waals surface area contributed by atoms with E-state index in [1.807, 2.05) is 32.0 Å². The molecule has 4 rings (SSSR count). The van der Waals surface area contributed by atoms with E-state index in [2.05, 4.69) is 10.4 Å². The van der Waals surface area contributed by atoms with Gasteiger partial charge in [0.15, 0.2) is 5.69 Å². The Kier molecular flexibility index (Phi) is 6.41. The zero-order chi connectivity index (χ0) is 23.5. The van der Waals surface area contributed by atoms with E-state index < -0.39 is 4.92 Å². The molecule has 33 heavy (non-hydrogen) atoms. The van der Waals surface area contributed by atoms with Crippen LogP contribution >= 0.6 is 0 Å². The van der Waals surface area contributed by atoms with Crippen molar-refractivity contribution in [3.63, 3.8) is 0 Å². The Morgan fingerprint density at radius 3 is 2.73 bits per heavy atom. The first-order valence-electron chi connectivity index (χ1n) is 10.8. The van der Waals surface area contributed by atoms with Crippen LogP contribution in [-0.4, -0.2) is 39.9 Å². The van der Waals surface area contributed by atoms with Gasteiger partial charge in [0, 0.05) is 24.8 Å². The predicted octanol–water partition coefficient (Wildman–Crippen LogP) is 4.41. The minimum Gasteiger partial charge on any atom is -0.431 e. The van der Waals surface area contributed by atoms with Crippen LogP contribution in [0, 0.1) is 30.9 Å². The second-order valence-electron chi connectivity index (χ2n) is 8.08. The number of nitrogens with zero attached hydrogens (tertiary/aromatic N) is 3. The lowest BCUT2D eigenvalue weighted by Gasteiger charge is -2.13. The number of hydrogen-bond donors (Lipinski definition) is 1. The number of carbonyl (C=O) groups is 1. The van der Waals surface area contributed by atoms with E-state index in [0.29, 0.717) is 18.7 Å². The van der Waals surface area contributed by atoms with Crippen LogP contribution in [0.2, 0.25) is 0 Å². The zero-order valence-corrected chi connectivity index (χ0v) is 18.8. The molecule has 0 aliphatic carbocycles. The molecule has 0 spiro atoms. The van der Waals surface area contributed by atoms with Crippen molar-refractivity contribution < 1.29 is 19.2 Å². The van der Waals surface area contributed by atoms with Gasteiger partial charge in [0.05, 0.1) is 16.7 Å². The lowest BCUT2D eigenvalue weighted by molar-refractivity contribution is -0.385. The van der Waals surface area contributed by atoms with Crippen molar-refractivity contribution in [1.29, 1.82) is 0 Å². The molecule has 1 fully saturated rings. The topological polar surface area (TPSA) is 109 Å². The Morgan fingerprint density at radius 1 is 1.21 bits per heavy atom. The average molecular weight is 450 g/mol. The van der Waals surface area contributed by atoms with E-state index in [4.69, 9.17) is 9.47 Å². The van der Waals surface area contributed by atoms with Gasteiger partial charge in [0.1, 0.15) is 0 Å². The second kappa shape index (κ2) is 9.41. The van der Waals surface area contributed by atoms with Gasteiger partial charge >= 0.3 is 5.69 Å². The highest BCUT2D eigenvalue weighted by Gasteiger charge is 2.26. The standard InChI is InChI=1S/C24H26N4O5/c1-15-8-6-11-19(16(15)2)27-24(33-21-12-5-4-10-20(21)28(30)31)17(3)22(26-27)23(29)25-14-18-9-7-13-32-18/h4-6,8,10-12,18H,7,9,13-14H2,1-3H3,(H,25,29)/t18-/m0/s1. The van der Waals surface area contributed by atoms with E-state index in [-0.39, 0.29) is 35.0 Å². The SMILES string of the molecule is Cc1cccc(-n2nc(C(=O)NC[C@@H]3CCCO3)c(C)c2Oc2ccccc2[N+](=O)[O-])c1C. The van der Waals surface area contributed by atoms with Gasteiger partial charge in [-0.2, -0.15) is 9.78 Å². The Morgan fingerprint density at radius 2 is 2.00 bits per heavy atom. The molecule has 0 unspecified atom stereocenters. The van der Waals surface area contributed by atoms with E-state index in [0.717, 1.165) is 29.7 Å². The summed E-state index contributed by atoms with van der Waals surface area (Å²) in [6.07, 6.45) is 1.88. The molecule has 1 N–H and O–H groups in total. The fourth-order valence-electron chi connectivity index (χ4n) is 3.84. The first-order chi connectivity index (χ1) is 15.9. The summed E-state index contributed by atoms with van der Waals surface area (Å²) in [5.41, 5.74) is 3.24. The number of ether oxygens (including phenoxy) is 2. The maximum absolute atomic E-state index is 13.0. The van der Waals surface area contributed by atoms with Crippen molar-refractivity contribution in [3.05, 3.63) is 75.0 Å². The van der Waals surface area contributed by atoms with Gasteiger partial charge in [-0.1, -0.05) is 24.3 Å². The van der Waals surface area contributed by atoms with Crippen molar-refractivity contribution in [2.75, 3.05) is 13.2 Å². The first-order valence-corrected chi connectivity index (χ1v) is 10.8. The van der Waals surface area contributed by atoms with Gasteiger partial charge < -0.3 is 14.8 Å². The summed E-state index contributed by atoms with van der Waals surface area (Å²) in [6.45, 7) is 6.75. The number of nitro groups is 1. The number of aryl methyl sites for hydroxylation is 1. The first kappa shape index (κ1) is 22.5. The predicted molar refractivity (Wildman–Crippen MR) is 122 cm³/mol. The summed E-state index contributed by atoms with van der Waals surface area (Å²) in [5.74, 6) is -0.0249. The van der Waals surface area contributed by atoms with Crippen molar-refractivity contribution in [1.82, 2.24) is 15.1 Å². The van der Waals surface area contributed by atoms with Crippen LogP contribution < -0.4 is 10.1 Å². The number of hydrogen-bond acceptors (Lipinski definition) is 6. The van der Waals surface area contributed by atoms with Gasteiger partial charge in [0.25, 0.3) is 5.91 Å². The molecular weight excluding hydrogens is 424 g/mol. The van der Waals surface area contributed by atoms with E-state index in [1.165, 1.54) is 16.8 Å². The molecule has 1 atom stereocenters. The largest absolute Gasteiger partial charge is 0.431 e. The van der Waals surface area contributed by atoms with E-state index >= 15 is 0 Å². The van der Waals surface area contributed by atoms with Gasteiger partial charge in [-0.25, -0.2) is 0 Å². The maximum atomic E-state index is 13.0. The third-order valence-corrected chi connectivity index (χ3v) is 5.87. The van der Waals surface area contributed by atoms with Gasteiger partial charge in [-0.05, 0) is 56.9 Å². The maximum Gasteiger partial charge on any atom is 0.311 e. The molecule has 1 aliphatic rings. The number of para-hydroxylation sites is 2. The molecule has 2 heterocycles. The van der Waals surface area contributed by atoms with E-state index in [1.54, 1.807) is 19.1 Å². The lowest BCUT2D eigenvalue weighted by atomic mass is 10.1. The summed E-state index contributed by atoms with van der Waals surface area (Å²) in [6, 6.07) is 11.9. The number of nitrogens with one attached hydrogen (secondary N) is 1. The van der Waals surface area contributed by atoms with Crippen LogP contribution in [0.15, 0.2) is 42.5 Å². The molecule has 1 aromatic heterocycles. The number of benzene rings is 2. The van der Waals surface area contributed by atoms with Crippen LogP contribution in [-0.2, 0) is 4.74 Å². The third-order valence-electron chi connectivity index (χ3n) is 5.87. The number of rotatable bonds is 7. The monoisotopic (exact) mass is 450 g/mol. The van der Waals surface area contributed by atoms with Crippen LogP contribution in [0.3, 0.4) is 0 Å². The molecule has 3 aromatic rings. The van der Waals surface area contributed by atoms with Crippen LogP contribution in [0.4, 0.5) is 5.69 Å². The van der Waals surface area contributed by atoms with Gasteiger partial charge in [-0.3, -0.25) is 14.9 Å². The van der Waals surface area contributed by atoms with Crippen LogP contribution in [0.25, 0.3) is 5.69 Å². The van der Waals surface area contributed by atoms with Gasteiger partial charge in [-0.15, -0.1) is 0 Å². The average Bonchev–Trinajstić information content (AvgIpc) is 3.43. The number of carbonyl (C=O) groups excluding carboxylic acids is 1. The Bertz CT molecular complexity index is 1200. The highest BCUT2D eigenvalue weighted by molar-refractivity contribution is 5.94. The molecule has 9 heteroatoms. The van der Waals surface area contributed by atoms with Crippen molar-refractivity contribution in [3.8, 4) is 17.3 Å². The van der Waals surface area contributed by atoms with Crippen LogP contribution in [0.5, 0.6) is 11.6 Å². The molecule has 1 saturated heterocycles. The minimum absolute atomic E-state index is 0.00181. The second-order valence-corrected chi connectivity index (χ2v) is 8.08. The number of nitro benzene ring substituents is 1. The summed E-state index contributed by atoms with van der Waals surface area (Å²) in [5, 5.41) is 19.0. The lowest BCUT2D eigenvalue weighted by Crippen LogP contribution is -2.32. The normalized spacial score (nSPS) is 15.4. The van der Waals surface area contributed by atoms with Crippen molar-refractivity contribution in [2.24, 2.45) is 0 Å². The fraction of sp³-hybridized carbons (Fsp3) is 0.333. The van der Waals surface area contributed by atoms with Crippen molar-refractivity contribution >= 4 is 11.6 Å². The van der Waals surface area contributed by atoms with Crippen molar-refractivity contribution in [2.45, 2.75) is 39.7 Å². The molecule has 9 nitrogen and oxygen atoms in total. The minimum atomic E-state index is -0.501. The quantitative estimate of drug-likeness (QED) is 0.422. The highest BCUT2D eigenvalue weighted by atomic mass is 16.6. The Hall–Kier alpha value is -3.72. The molecule has 1 amide bonds. The molecule has 1 aliphatic heterocycles. The number of amides is 1. The Labute approximate surface area is 191 Å². The molecule has 0 bridgehead atoms. The Balaban J connectivity index is 1.76. The zero-order valence-electron chi connectivity index (χ0n) is 18.8. The molecular formula is C24H26N4O5. The smallest absolute Gasteiger partial charge is 0.311 e. The highest BCUT2D eigenvalue weighted by Crippen LogP contribution is 2.35. The third kappa shape index (κ3) is 4.58. The van der Waals surface area contributed by atoms with Crippen LogP contribution in [0.1, 0.15) is 40.0 Å².